The Morgan fingerprint density at radius 3 is 2.62 bits per heavy atom. The van der Waals surface area contributed by atoms with E-state index in [4.69, 9.17) is 4.74 Å². The van der Waals surface area contributed by atoms with Crippen LogP contribution >= 0.6 is 7.60 Å². The van der Waals surface area contributed by atoms with Gasteiger partial charge in [-0.25, -0.2) is 0 Å². The number of fused-ring (bicyclic) bond motifs is 1. The van der Waals surface area contributed by atoms with Crippen molar-refractivity contribution in [2.24, 2.45) is 0 Å². The SMILES string of the molecule is COc1ccc2c(c1)CCN(CCCP(=O)([O-])[O-])C2.[Na+].[Na+]. The van der Waals surface area contributed by atoms with Gasteiger partial charge in [0.05, 0.1) is 7.11 Å². The molecule has 0 amide bonds. The summed E-state index contributed by atoms with van der Waals surface area (Å²) in [7, 11) is -2.70. The fraction of sp³-hybridized carbons (Fsp3) is 0.538. The van der Waals surface area contributed by atoms with E-state index in [1.54, 1.807) is 7.11 Å². The van der Waals surface area contributed by atoms with E-state index < -0.39 is 7.60 Å². The Labute approximate surface area is 170 Å². The first-order valence-electron chi connectivity index (χ1n) is 6.37. The first-order valence-corrected chi connectivity index (χ1v) is 8.10. The number of hydrogen-bond acceptors (Lipinski definition) is 5. The van der Waals surface area contributed by atoms with Crippen LogP contribution in [0, 0.1) is 0 Å². The third-order valence-electron chi connectivity index (χ3n) is 3.41. The van der Waals surface area contributed by atoms with Crippen molar-refractivity contribution in [2.75, 3.05) is 26.4 Å². The monoisotopic (exact) mass is 329 g/mol. The normalized spacial score (nSPS) is 14.6. The van der Waals surface area contributed by atoms with Crippen LogP contribution in [0.1, 0.15) is 17.5 Å². The second-order valence-corrected chi connectivity index (χ2v) is 6.52. The van der Waals surface area contributed by atoms with Gasteiger partial charge in [-0.15, -0.1) is 0 Å². The van der Waals surface area contributed by atoms with Gasteiger partial charge in [0.1, 0.15) is 5.75 Å². The Morgan fingerprint density at radius 2 is 2.00 bits per heavy atom. The summed E-state index contributed by atoms with van der Waals surface area (Å²) in [6.07, 6.45) is 1.09. The van der Waals surface area contributed by atoms with Crippen LogP contribution in [0.25, 0.3) is 0 Å². The molecule has 21 heavy (non-hydrogen) atoms. The van der Waals surface area contributed by atoms with Crippen LogP contribution in [0.3, 0.4) is 0 Å². The molecule has 1 heterocycles. The second kappa shape index (κ2) is 10.1. The third kappa shape index (κ3) is 7.49. The topological polar surface area (TPSA) is 75.7 Å². The van der Waals surface area contributed by atoms with Gasteiger partial charge in [0.2, 0.25) is 0 Å². The van der Waals surface area contributed by atoms with E-state index in [0.717, 1.165) is 25.3 Å². The summed E-state index contributed by atoms with van der Waals surface area (Å²) in [4.78, 5) is 23.3. The largest absolute Gasteiger partial charge is 1.00 e. The fourth-order valence-electron chi connectivity index (χ4n) is 2.39. The van der Waals surface area contributed by atoms with Crippen molar-refractivity contribution >= 4 is 7.60 Å². The van der Waals surface area contributed by atoms with E-state index in [-0.39, 0.29) is 65.3 Å². The van der Waals surface area contributed by atoms with Crippen LogP contribution in [0.4, 0.5) is 0 Å². The Morgan fingerprint density at radius 1 is 1.29 bits per heavy atom. The maximum absolute atomic E-state index is 10.6. The average molecular weight is 329 g/mol. The van der Waals surface area contributed by atoms with Gasteiger partial charge in [-0.2, -0.15) is 0 Å². The molecule has 0 N–H and O–H groups in total. The predicted octanol–water partition coefficient (Wildman–Crippen LogP) is -5.63. The molecule has 0 aromatic heterocycles. The molecule has 0 spiro atoms. The molecule has 0 unspecified atom stereocenters. The minimum absolute atomic E-state index is 0. The maximum atomic E-state index is 10.6. The minimum Gasteiger partial charge on any atom is -0.811 e. The van der Waals surface area contributed by atoms with E-state index >= 15 is 0 Å². The predicted molar refractivity (Wildman–Crippen MR) is 69.1 cm³/mol. The Hall–Kier alpha value is 1.13. The third-order valence-corrected chi connectivity index (χ3v) is 4.28. The molecule has 1 aromatic carbocycles. The Balaban J connectivity index is 0.00000200. The molecule has 1 aromatic rings. The smallest absolute Gasteiger partial charge is 0.811 e. The van der Waals surface area contributed by atoms with Crippen LogP contribution in [-0.2, 0) is 17.5 Å². The van der Waals surface area contributed by atoms with E-state index in [1.807, 2.05) is 12.1 Å². The molecule has 0 aliphatic carbocycles. The first kappa shape index (κ1) is 22.1. The second-order valence-electron chi connectivity index (χ2n) is 4.85. The van der Waals surface area contributed by atoms with E-state index in [9.17, 15) is 14.4 Å². The molecule has 8 heteroatoms. The fourth-order valence-corrected chi connectivity index (χ4v) is 2.92. The van der Waals surface area contributed by atoms with Crippen molar-refractivity contribution in [1.82, 2.24) is 4.90 Å². The molecular weight excluding hydrogens is 311 g/mol. The van der Waals surface area contributed by atoms with Crippen molar-refractivity contribution in [3.63, 3.8) is 0 Å². The molecule has 1 aliphatic rings. The standard InChI is InChI=1S/C13H20NO4P.2Na/c1-18-13-4-3-12-10-14(7-5-11(12)9-13)6-2-8-19(15,16)17;;/h3-4,9H,2,5-8,10H2,1H3,(H2,15,16,17);;/q;2*+1/p-2. The summed E-state index contributed by atoms with van der Waals surface area (Å²) in [5, 5.41) is 0. The van der Waals surface area contributed by atoms with Gasteiger partial charge in [-0.3, -0.25) is 4.90 Å². The summed E-state index contributed by atoms with van der Waals surface area (Å²) in [6, 6.07) is 6.04. The summed E-state index contributed by atoms with van der Waals surface area (Å²) >= 11 is 0. The summed E-state index contributed by atoms with van der Waals surface area (Å²) in [5.74, 6) is 0.867. The number of benzene rings is 1. The Kier molecular flexibility index (Phi) is 10.6. The molecule has 0 radical (unpaired) electrons. The van der Waals surface area contributed by atoms with Crippen molar-refractivity contribution < 1.29 is 78.2 Å². The first-order chi connectivity index (χ1) is 8.98. The molecule has 1 aliphatic heterocycles. The maximum Gasteiger partial charge on any atom is 1.00 e. The van der Waals surface area contributed by atoms with Gasteiger partial charge >= 0.3 is 59.1 Å². The van der Waals surface area contributed by atoms with Crippen molar-refractivity contribution in [3.8, 4) is 5.75 Å². The molecule has 0 bridgehead atoms. The minimum atomic E-state index is -4.35. The number of hydrogen-bond donors (Lipinski definition) is 0. The number of methoxy groups -OCH3 is 1. The number of nitrogens with zero attached hydrogens (tertiary/aromatic N) is 1. The van der Waals surface area contributed by atoms with Crippen LogP contribution in [0.15, 0.2) is 18.2 Å². The van der Waals surface area contributed by atoms with Crippen LogP contribution in [0.2, 0.25) is 0 Å². The molecule has 0 fully saturated rings. The zero-order chi connectivity index (χ0) is 13.9. The average Bonchev–Trinajstić information content (AvgIpc) is 2.36. The number of ether oxygens (including phenoxy) is 1. The summed E-state index contributed by atoms with van der Waals surface area (Å²) < 4.78 is 15.8. The van der Waals surface area contributed by atoms with Gasteiger partial charge in [0, 0.05) is 13.1 Å². The van der Waals surface area contributed by atoms with Gasteiger partial charge in [0.15, 0.2) is 0 Å². The van der Waals surface area contributed by atoms with E-state index in [2.05, 4.69) is 11.0 Å². The molecule has 106 valence electrons. The zero-order valence-corrected chi connectivity index (χ0v) is 17.9. The van der Waals surface area contributed by atoms with Crippen molar-refractivity contribution in [1.29, 1.82) is 0 Å². The molecule has 5 nitrogen and oxygen atoms in total. The molecule has 0 saturated heterocycles. The van der Waals surface area contributed by atoms with E-state index in [1.165, 1.54) is 11.1 Å². The summed E-state index contributed by atoms with van der Waals surface area (Å²) in [6.45, 7) is 2.35. The van der Waals surface area contributed by atoms with Gasteiger partial charge in [-0.05, 0) is 48.8 Å². The number of rotatable bonds is 5. The van der Waals surface area contributed by atoms with Gasteiger partial charge in [-0.1, -0.05) is 13.7 Å². The van der Waals surface area contributed by atoms with Crippen LogP contribution < -0.4 is 73.6 Å². The van der Waals surface area contributed by atoms with Crippen LogP contribution in [-0.4, -0.2) is 31.3 Å². The summed E-state index contributed by atoms with van der Waals surface area (Å²) in [5.41, 5.74) is 2.54. The Bertz CT molecular complexity index is 495. The van der Waals surface area contributed by atoms with Crippen molar-refractivity contribution in [2.45, 2.75) is 19.4 Å². The van der Waals surface area contributed by atoms with Crippen LogP contribution in [0.5, 0.6) is 5.75 Å². The molecule has 2 rings (SSSR count). The zero-order valence-electron chi connectivity index (χ0n) is 13.0. The molecular formula is C13H18NNa2O4P. The van der Waals surface area contributed by atoms with Crippen molar-refractivity contribution in [3.05, 3.63) is 29.3 Å². The molecule has 0 atom stereocenters. The van der Waals surface area contributed by atoms with E-state index in [0.29, 0.717) is 13.0 Å². The van der Waals surface area contributed by atoms with Gasteiger partial charge < -0.3 is 19.1 Å². The quantitative estimate of drug-likeness (QED) is 0.398. The van der Waals surface area contributed by atoms with Gasteiger partial charge in [0.25, 0.3) is 0 Å². The molecule has 0 saturated carbocycles.